The van der Waals surface area contributed by atoms with Gasteiger partial charge in [0.1, 0.15) is 6.61 Å². The highest BCUT2D eigenvalue weighted by atomic mass is 16.6. The highest BCUT2D eigenvalue weighted by Crippen LogP contribution is 2.47. The van der Waals surface area contributed by atoms with Crippen LogP contribution in [0.1, 0.15) is 34.3 Å². The Morgan fingerprint density at radius 3 is 2.16 bits per heavy atom. The Morgan fingerprint density at radius 1 is 0.812 bits per heavy atom. The monoisotopic (exact) mass is 426 g/mol. The summed E-state index contributed by atoms with van der Waals surface area (Å²) in [7, 11) is 0. The number of hydrogen-bond acceptors (Lipinski definition) is 3. The summed E-state index contributed by atoms with van der Waals surface area (Å²) in [6.07, 6.45) is 1.35. The lowest BCUT2D eigenvalue weighted by molar-refractivity contribution is 0.0780. The molecule has 0 bridgehead atoms. The molecular weight excluding hydrogens is 400 g/mol. The second kappa shape index (κ2) is 8.50. The fourth-order valence-corrected chi connectivity index (χ4v) is 4.90. The molecule has 2 amide bonds. The summed E-state index contributed by atoms with van der Waals surface area (Å²) in [5.74, 6) is 0.0274. The number of rotatable bonds is 3. The summed E-state index contributed by atoms with van der Waals surface area (Å²) < 4.78 is 5.53. The number of likely N-dealkylation sites (tertiary alicyclic amines) is 1. The number of fused-ring (bicyclic) bond motifs is 2. The van der Waals surface area contributed by atoms with Crippen molar-refractivity contribution in [3.05, 3.63) is 102 Å². The molecular formula is C27H26N2O3. The summed E-state index contributed by atoms with van der Waals surface area (Å²) in [6.45, 7) is 2.17. The van der Waals surface area contributed by atoms with Gasteiger partial charge in [0.05, 0.1) is 0 Å². The van der Waals surface area contributed by atoms with E-state index in [1.54, 1.807) is 4.90 Å². The first-order valence-electron chi connectivity index (χ1n) is 11.1. The van der Waals surface area contributed by atoms with Crippen LogP contribution in [-0.2, 0) is 16.8 Å². The van der Waals surface area contributed by atoms with E-state index >= 15 is 0 Å². The molecule has 0 aliphatic carbocycles. The van der Waals surface area contributed by atoms with Crippen LogP contribution in [0, 0.1) is 0 Å². The van der Waals surface area contributed by atoms with E-state index in [2.05, 4.69) is 6.07 Å². The smallest absolute Gasteiger partial charge is 0.410 e. The Labute approximate surface area is 188 Å². The first-order valence-corrected chi connectivity index (χ1v) is 11.1. The lowest BCUT2D eigenvalue weighted by Gasteiger charge is -2.39. The van der Waals surface area contributed by atoms with Gasteiger partial charge < -0.3 is 14.5 Å². The van der Waals surface area contributed by atoms with Gasteiger partial charge in [-0.1, -0.05) is 66.7 Å². The van der Waals surface area contributed by atoms with E-state index in [4.69, 9.17) is 4.74 Å². The number of amides is 2. The summed E-state index contributed by atoms with van der Waals surface area (Å²) in [4.78, 5) is 29.6. The van der Waals surface area contributed by atoms with Gasteiger partial charge in [-0.3, -0.25) is 4.79 Å². The maximum absolute atomic E-state index is 13.3. The predicted octanol–water partition coefficient (Wildman–Crippen LogP) is 5.02. The normalized spacial score (nSPS) is 16.6. The molecule has 5 heteroatoms. The fraction of sp³-hybridized carbons (Fsp3) is 0.259. The van der Waals surface area contributed by atoms with Crippen LogP contribution in [0.4, 0.5) is 10.5 Å². The molecule has 5 nitrogen and oxygen atoms in total. The van der Waals surface area contributed by atoms with E-state index in [-0.39, 0.29) is 24.0 Å². The summed E-state index contributed by atoms with van der Waals surface area (Å²) in [5.41, 5.74) is 3.75. The van der Waals surface area contributed by atoms with E-state index in [0.717, 1.165) is 24.1 Å². The van der Waals surface area contributed by atoms with Crippen LogP contribution in [0.5, 0.6) is 0 Å². The second-order valence-corrected chi connectivity index (χ2v) is 8.58. The Kier molecular flexibility index (Phi) is 5.39. The van der Waals surface area contributed by atoms with Crippen molar-refractivity contribution in [1.82, 2.24) is 4.90 Å². The molecule has 0 atom stereocenters. The Hall–Kier alpha value is -3.60. The van der Waals surface area contributed by atoms with Gasteiger partial charge in [-0.05, 0) is 42.2 Å². The van der Waals surface area contributed by atoms with Crippen LogP contribution < -0.4 is 4.90 Å². The predicted molar refractivity (Wildman–Crippen MR) is 124 cm³/mol. The van der Waals surface area contributed by atoms with Gasteiger partial charge in [0.2, 0.25) is 0 Å². The van der Waals surface area contributed by atoms with Gasteiger partial charge in [0.25, 0.3) is 5.91 Å². The molecule has 1 fully saturated rings. The molecule has 0 N–H and O–H groups in total. The van der Waals surface area contributed by atoms with E-state index in [1.165, 1.54) is 5.56 Å². The van der Waals surface area contributed by atoms with Crippen molar-refractivity contribution < 1.29 is 14.3 Å². The van der Waals surface area contributed by atoms with Gasteiger partial charge in [-0.25, -0.2) is 4.79 Å². The molecule has 0 aromatic heterocycles. The van der Waals surface area contributed by atoms with Gasteiger partial charge in [-0.2, -0.15) is 0 Å². The van der Waals surface area contributed by atoms with E-state index < -0.39 is 0 Å². The van der Waals surface area contributed by atoms with Gasteiger partial charge in [0, 0.05) is 36.3 Å². The van der Waals surface area contributed by atoms with Gasteiger partial charge in [0.15, 0.2) is 0 Å². The zero-order chi connectivity index (χ0) is 22.0. The third-order valence-corrected chi connectivity index (χ3v) is 6.68. The number of ether oxygens (including phenoxy) is 1. The first-order chi connectivity index (χ1) is 15.7. The lowest BCUT2D eigenvalue weighted by atomic mass is 9.74. The zero-order valence-electron chi connectivity index (χ0n) is 17.9. The number of piperidine rings is 1. The molecule has 1 spiro atoms. The number of para-hydroxylation sites is 1. The molecule has 0 unspecified atom stereocenters. The van der Waals surface area contributed by atoms with Crippen molar-refractivity contribution in [3.63, 3.8) is 0 Å². The third kappa shape index (κ3) is 3.75. The molecule has 162 valence electrons. The number of anilines is 1. The van der Waals surface area contributed by atoms with Gasteiger partial charge in [-0.15, -0.1) is 0 Å². The number of carbonyl (C=O) groups excluding carboxylic acids is 2. The second-order valence-electron chi connectivity index (χ2n) is 8.58. The highest BCUT2D eigenvalue weighted by molar-refractivity contribution is 6.07. The topological polar surface area (TPSA) is 49.9 Å². The maximum Gasteiger partial charge on any atom is 0.410 e. The lowest BCUT2D eigenvalue weighted by Crippen LogP contribution is -2.48. The molecule has 2 aliphatic rings. The van der Waals surface area contributed by atoms with E-state index in [1.807, 2.05) is 83.8 Å². The molecule has 2 aliphatic heterocycles. The third-order valence-electron chi connectivity index (χ3n) is 6.68. The molecule has 1 saturated heterocycles. The molecule has 32 heavy (non-hydrogen) atoms. The van der Waals surface area contributed by atoms with Crippen molar-refractivity contribution in [2.45, 2.75) is 24.9 Å². The fourth-order valence-electron chi connectivity index (χ4n) is 4.90. The molecule has 5 rings (SSSR count). The summed E-state index contributed by atoms with van der Waals surface area (Å²) in [5, 5.41) is 0. The Morgan fingerprint density at radius 2 is 1.44 bits per heavy atom. The van der Waals surface area contributed by atoms with Crippen molar-refractivity contribution in [1.29, 1.82) is 0 Å². The zero-order valence-corrected chi connectivity index (χ0v) is 17.9. The van der Waals surface area contributed by atoms with Crippen molar-refractivity contribution in [3.8, 4) is 0 Å². The summed E-state index contributed by atoms with van der Waals surface area (Å²) in [6, 6.07) is 27.3. The molecule has 3 aromatic carbocycles. The average molecular weight is 427 g/mol. The minimum absolute atomic E-state index is 0.0274. The van der Waals surface area contributed by atoms with Crippen LogP contribution in [0.2, 0.25) is 0 Å². The van der Waals surface area contributed by atoms with E-state index in [0.29, 0.717) is 25.2 Å². The van der Waals surface area contributed by atoms with Gasteiger partial charge >= 0.3 is 6.09 Å². The van der Waals surface area contributed by atoms with Crippen LogP contribution in [0.25, 0.3) is 0 Å². The minimum atomic E-state index is -0.271. The average Bonchev–Trinajstić information content (AvgIpc) is 3.18. The Balaban J connectivity index is 1.29. The minimum Gasteiger partial charge on any atom is -0.445 e. The summed E-state index contributed by atoms with van der Waals surface area (Å²) >= 11 is 0. The van der Waals surface area contributed by atoms with Crippen LogP contribution >= 0.6 is 0 Å². The quantitative estimate of drug-likeness (QED) is 0.591. The largest absolute Gasteiger partial charge is 0.445 e. The number of hydrogen-bond donors (Lipinski definition) is 0. The van der Waals surface area contributed by atoms with Crippen LogP contribution in [-0.4, -0.2) is 36.5 Å². The van der Waals surface area contributed by atoms with E-state index in [9.17, 15) is 9.59 Å². The molecule has 0 radical (unpaired) electrons. The number of benzene rings is 3. The number of nitrogens with zero attached hydrogens (tertiary/aromatic N) is 2. The maximum atomic E-state index is 13.3. The molecule has 3 aromatic rings. The number of carbonyl (C=O) groups is 2. The van der Waals surface area contributed by atoms with Crippen molar-refractivity contribution in [2.24, 2.45) is 0 Å². The molecule has 0 saturated carbocycles. The van der Waals surface area contributed by atoms with Crippen LogP contribution in [0.15, 0.2) is 84.9 Å². The molecule has 2 heterocycles. The van der Waals surface area contributed by atoms with Crippen molar-refractivity contribution in [2.75, 3.05) is 24.5 Å². The first kappa shape index (κ1) is 20.3. The SMILES string of the molecule is O=C(OCc1ccccc1)N1CCC2(CC1)CN(C(=O)c1ccccc1)c1ccccc12. The highest BCUT2D eigenvalue weighted by Gasteiger charge is 2.47. The Bertz CT molecular complexity index is 1110. The van der Waals surface area contributed by atoms with Crippen molar-refractivity contribution >= 4 is 17.7 Å². The standard InChI is InChI=1S/C27H26N2O3/c30-25(22-11-5-2-6-12-22)29-20-27(23-13-7-8-14-24(23)29)15-17-28(18-16-27)26(31)32-19-21-9-3-1-4-10-21/h1-14H,15-20H2. The van der Waals surface area contributed by atoms with Crippen LogP contribution in [0.3, 0.4) is 0 Å².